The molecule has 0 atom stereocenters. The van der Waals surface area contributed by atoms with Crippen molar-refractivity contribution < 1.29 is 13.6 Å². The number of anilines is 1. The predicted molar refractivity (Wildman–Crippen MR) is 113 cm³/mol. The van der Waals surface area contributed by atoms with Crippen molar-refractivity contribution in [1.29, 1.82) is 0 Å². The maximum Gasteiger partial charge on any atom is 0.259 e. The first-order chi connectivity index (χ1) is 14.5. The van der Waals surface area contributed by atoms with Crippen LogP contribution in [-0.4, -0.2) is 20.9 Å². The molecule has 0 radical (unpaired) electrons. The van der Waals surface area contributed by atoms with Crippen molar-refractivity contribution in [2.24, 2.45) is 0 Å². The summed E-state index contributed by atoms with van der Waals surface area (Å²) in [5.74, 6) is -1.78. The molecule has 0 spiro atoms. The number of carbonyl (C=O) groups excluding carboxylic acids is 1. The van der Waals surface area contributed by atoms with Crippen molar-refractivity contribution in [2.45, 2.75) is 38.5 Å². The van der Waals surface area contributed by atoms with Crippen LogP contribution in [0.3, 0.4) is 0 Å². The number of thiazole rings is 1. The van der Waals surface area contributed by atoms with Gasteiger partial charge in [-0.3, -0.25) is 9.59 Å². The van der Waals surface area contributed by atoms with E-state index < -0.39 is 11.6 Å². The monoisotopic (exact) mass is 446 g/mol. The van der Waals surface area contributed by atoms with Gasteiger partial charge in [-0.15, -0.1) is 11.3 Å². The van der Waals surface area contributed by atoms with Gasteiger partial charge >= 0.3 is 0 Å². The summed E-state index contributed by atoms with van der Waals surface area (Å²) in [6.07, 6.45) is 4.49. The number of hydrogen-bond acceptors (Lipinski definition) is 6. The number of halogens is 2. The lowest BCUT2D eigenvalue weighted by molar-refractivity contribution is -0.116. The number of nitrogens with zero attached hydrogens (tertiary/aromatic N) is 2. The third-order valence-corrected chi connectivity index (χ3v) is 7.26. The molecule has 0 fully saturated rings. The highest BCUT2D eigenvalue weighted by molar-refractivity contribution is 7.22. The van der Waals surface area contributed by atoms with E-state index in [-0.39, 0.29) is 35.0 Å². The number of nitrogens with one attached hydrogen (secondary N) is 2. The van der Waals surface area contributed by atoms with E-state index in [2.05, 4.69) is 20.3 Å². The standard InChI is InChI=1S/C20H16F2N4O2S2/c21-10-7-12-14(8-11(10)22)30-20(23-12)26-16(27)6-5-15-24-18(28)17-9-3-1-2-4-13(9)29-19(17)25-15/h7-8H,1-6H2,(H,23,26,27)(H,24,25,28). The highest BCUT2D eigenvalue weighted by Gasteiger charge is 2.20. The Labute approximate surface area is 177 Å². The second-order valence-electron chi connectivity index (χ2n) is 7.20. The number of rotatable bonds is 4. The molecule has 10 heteroatoms. The molecule has 0 unspecified atom stereocenters. The van der Waals surface area contributed by atoms with E-state index in [4.69, 9.17) is 0 Å². The lowest BCUT2D eigenvalue weighted by Crippen LogP contribution is -2.16. The fourth-order valence-electron chi connectivity index (χ4n) is 3.72. The van der Waals surface area contributed by atoms with E-state index >= 15 is 0 Å². The molecule has 0 saturated carbocycles. The molecule has 1 aliphatic carbocycles. The molecular formula is C20H16F2N4O2S2. The fraction of sp³-hybridized carbons (Fsp3) is 0.300. The first-order valence-electron chi connectivity index (χ1n) is 9.57. The minimum atomic E-state index is -0.980. The van der Waals surface area contributed by atoms with Gasteiger partial charge in [-0.1, -0.05) is 11.3 Å². The van der Waals surface area contributed by atoms with Crippen LogP contribution in [0.2, 0.25) is 0 Å². The lowest BCUT2D eigenvalue weighted by atomic mass is 9.97. The summed E-state index contributed by atoms with van der Waals surface area (Å²) in [7, 11) is 0. The van der Waals surface area contributed by atoms with Crippen molar-refractivity contribution in [1.82, 2.24) is 15.0 Å². The summed E-state index contributed by atoms with van der Waals surface area (Å²) >= 11 is 2.64. The molecular weight excluding hydrogens is 430 g/mol. The number of aryl methyl sites for hydroxylation is 3. The maximum atomic E-state index is 13.3. The van der Waals surface area contributed by atoms with Crippen LogP contribution >= 0.6 is 22.7 Å². The fourth-order valence-corrected chi connectivity index (χ4v) is 5.89. The van der Waals surface area contributed by atoms with Gasteiger partial charge in [0.15, 0.2) is 16.8 Å². The molecule has 0 bridgehead atoms. The molecule has 154 valence electrons. The van der Waals surface area contributed by atoms with E-state index in [1.807, 2.05) is 0 Å². The zero-order valence-electron chi connectivity index (χ0n) is 15.7. The minimum Gasteiger partial charge on any atom is -0.310 e. The van der Waals surface area contributed by atoms with Crippen molar-refractivity contribution in [3.05, 3.63) is 50.4 Å². The Hall–Kier alpha value is -2.72. The average molecular weight is 447 g/mol. The first kappa shape index (κ1) is 19.3. The third kappa shape index (κ3) is 3.50. The van der Waals surface area contributed by atoms with Crippen LogP contribution in [0.25, 0.3) is 20.4 Å². The van der Waals surface area contributed by atoms with Crippen LogP contribution in [-0.2, 0) is 24.1 Å². The molecule has 5 rings (SSSR count). The van der Waals surface area contributed by atoms with Crippen molar-refractivity contribution in [3.63, 3.8) is 0 Å². The number of thiophene rings is 1. The minimum absolute atomic E-state index is 0.0954. The molecule has 4 aromatic rings. The first-order valence-corrected chi connectivity index (χ1v) is 11.2. The molecule has 3 heterocycles. The summed E-state index contributed by atoms with van der Waals surface area (Å²) in [5, 5.41) is 3.60. The number of benzene rings is 1. The van der Waals surface area contributed by atoms with Gasteiger partial charge in [0.1, 0.15) is 10.7 Å². The third-order valence-electron chi connectivity index (χ3n) is 5.14. The number of carbonyl (C=O) groups is 1. The van der Waals surface area contributed by atoms with E-state index in [1.54, 1.807) is 11.3 Å². The Morgan fingerprint density at radius 1 is 1.13 bits per heavy atom. The van der Waals surface area contributed by atoms with E-state index in [9.17, 15) is 18.4 Å². The molecule has 0 saturated heterocycles. The van der Waals surface area contributed by atoms with Crippen LogP contribution in [0, 0.1) is 11.6 Å². The number of fused-ring (bicyclic) bond motifs is 4. The van der Waals surface area contributed by atoms with Gasteiger partial charge in [-0.05, 0) is 37.3 Å². The molecule has 6 nitrogen and oxygen atoms in total. The van der Waals surface area contributed by atoms with Gasteiger partial charge in [0.25, 0.3) is 5.56 Å². The number of aromatic nitrogens is 3. The van der Waals surface area contributed by atoms with Gasteiger partial charge in [0.2, 0.25) is 5.91 Å². The van der Waals surface area contributed by atoms with E-state index in [0.717, 1.165) is 59.5 Å². The Balaban J connectivity index is 1.30. The number of amides is 1. The highest BCUT2D eigenvalue weighted by atomic mass is 32.1. The van der Waals surface area contributed by atoms with E-state index in [1.165, 1.54) is 4.88 Å². The van der Waals surface area contributed by atoms with E-state index in [0.29, 0.717) is 15.9 Å². The van der Waals surface area contributed by atoms with Crippen molar-refractivity contribution in [3.8, 4) is 0 Å². The topological polar surface area (TPSA) is 87.7 Å². The normalized spacial score (nSPS) is 13.7. The van der Waals surface area contributed by atoms with Crippen LogP contribution in [0.4, 0.5) is 13.9 Å². The highest BCUT2D eigenvalue weighted by Crippen LogP contribution is 2.33. The zero-order valence-corrected chi connectivity index (χ0v) is 17.3. The van der Waals surface area contributed by atoms with Crippen molar-refractivity contribution in [2.75, 3.05) is 5.32 Å². The van der Waals surface area contributed by atoms with Crippen LogP contribution in [0.5, 0.6) is 0 Å². The maximum absolute atomic E-state index is 13.3. The number of hydrogen-bond donors (Lipinski definition) is 2. The summed E-state index contributed by atoms with van der Waals surface area (Å²) < 4.78 is 27.1. The Kier molecular flexibility index (Phi) is 4.82. The predicted octanol–water partition coefficient (Wildman–Crippen LogP) is 4.32. The summed E-state index contributed by atoms with van der Waals surface area (Å²) in [5.41, 5.74) is 1.26. The number of H-pyrrole nitrogens is 1. The second-order valence-corrected chi connectivity index (χ2v) is 9.32. The van der Waals surface area contributed by atoms with Gasteiger partial charge in [0, 0.05) is 23.8 Å². The molecule has 3 aromatic heterocycles. The quantitative estimate of drug-likeness (QED) is 0.489. The van der Waals surface area contributed by atoms with Gasteiger partial charge in [0.05, 0.1) is 15.6 Å². The zero-order chi connectivity index (χ0) is 20.8. The van der Waals surface area contributed by atoms with Crippen molar-refractivity contribution >= 4 is 54.1 Å². The number of aromatic amines is 1. The molecule has 0 aliphatic heterocycles. The second kappa shape index (κ2) is 7.51. The van der Waals surface area contributed by atoms with Crippen LogP contribution in [0.15, 0.2) is 16.9 Å². The van der Waals surface area contributed by atoms with Crippen LogP contribution in [0.1, 0.15) is 35.5 Å². The van der Waals surface area contributed by atoms with Crippen LogP contribution < -0.4 is 10.9 Å². The molecule has 1 aromatic carbocycles. The average Bonchev–Trinajstić information content (AvgIpc) is 3.27. The Morgan fingerprint density at radius 3 is 2.80 bits per heavy atom. The smallest absolute Gasteiger partial charge is 0.259 e. The molecule has 1 aliphatic rings. The van der Waals surface area contributed by atoms with Gasteiger partial charge < -0.3 is 10.3 Å². The summed E-state index contributed by atoms with van der Waals surface area (Å²) in [6, 6.07) is 2.06. The lowest BCUT2D eigenvalue weighted by Gasteiger charge is -2.09. The molecule has 30 heavy (non-hydrogen) atoms. The van der Waals surface area contributed by atoms with Gasteiger partial charge in [-0.2, -0.15) is 0 Å². The Morgan fingerprint density at radius 2 is 1.93 bits per heavy atom. The largest absolute Gasteiger partial charge is 0.310 e. The van der Waals surface area contributed by atoms with Gasteiger partial charge in [-0.25, -0.2) is 18.7 Å². The summed E-state index contributed by atoms with van der Waals surface area (Å²) in [4.78, 5) is 38.3. The Bertz CT molecular complexity index is 1320. The SMILES string of the molecule is O=C(CCc1nc2sc3c(c2c(=O)[nH]1)CCCC3)Nc1nc2cc(F)c(F)cc2s1. The summed E-state index contributed by atoms with van der Waals surface area (Å²) in [6.45, 7) is 0. The molecule has 1 amide bonds. The molecule has 2 N–H and O–H groups in total.